The van der Waals surface area contributed by atoms with E-state index in [0.29, 0.717) is 23.6 Å². The highest BCUT2D eigenvalue weighted by Gasteiger charge is 2.47. The average Bonchev–Trinajstić information content (AvgIpc) is 2.84. The van der Waals surface area contributed by atoms with Crippen LogP contribution < -0.4 is 5.32 Å². The first kappa shape index (κ1) is 16.4. The van der Waals surface area contributed by atoms with Crippen molar-refractivity contribution in [1.82, 2.24) is 10.2 Å². The molecular formula is C15H16ClF3N2O2. The minimum Gasteiger partial charge on any atom is -0.508 e. The van der Waals surface area contributed by atoms with Gasteiger partial charge in [0.25, 0.3) is 0 Å². The van der Waals surface area contributed by atoms with Gasteiger partial charge in [0.15, 0.2) is 0 Å². The van der Waals surface area contributed by atoms with Gasteiger partial charge in [-0.1, -0.05) is 11.6 Å². The Balaban J connectivity index is 1.81. The van der Waals surface area contributed by atoms with E-state index in [0.717, 1.165) is 5.56 Å². The number of fused-ring (bicyclic) bond motifs is 1. The summed E-state index contributed by atoms with van der Waals surface area (Å²) in [6, 6.07) is 2.64. The molecule has 0 aliphatic carbocycles. The van der Waals surface area contributed by atoms with Gasteiger partial charge in [-0.15, -0.1) is 0 Å². The second-order valence-electron chi connectivity index (χ2n) is 5.96. The van der Waals surface area contributed by atoms with Gasteiger partial charge in [-0.05, 0) is 30.7 Å². The van der Waals surface area contributed by atoms with Crippen LogP contribution in [0.3, 0.4) is 0 Å². The zero-order valence-corrected chi connectivity index (χ0v) is 12.9. The monoisotopic (exact) mass is 348 g/mol. The summed E-state index contributed by atoms with van der Waals surface area (Å²) in [5.41, 5.74) is 1.36. The molecule has 2 N–H and O–H groups in total. The van der Waals surface area contributed by atoms with Crippen molar-refractivity contribution < 1.29 is 23.1 Å². The molecule has 0 saturated carbocycles. The summed E-state index contributed by atoms with van der Waals surface area (Å²) in [5, 5.41) is 13.8. The second kappa shape index (κ2) is 5.87. The molecule has 2 heterocycles. The lowest BCUT2D eigenvalue weighted by molar-refractivity contribution is -0.171. The molecule has 0 radical (unpaired) electrons. The Kier molecular flexibility index (Phi) is 4.18. The lowest BCUT2D eigenvalue weighted by atomic mass is 9.93. The van der Waals surface area contributed by atoms with E-state index in [1.807, 2.05) is 0 Å². The van der Waals surface area contributed by atoms with Gasteiger partial charge in [0, 0.05) is 30.1 Å². The number of nitrogens with zero attached hydrogens (tertiary/aromatic N) is 1. The summed E-state index contributed by atoms with van der Waals surface area (Å²) in [5.74, 6) is -2.09. The molecule has 2 atom stereocenters. The summed E-state index contributed by atoms with van der Waals surface area (Å²) in [6.45, 7) is 0.342. The van der Waals surface area contributed by atoms with Crippen LogP contribution in [0.4, 0.5) is 13.2 Å². The Hall–Kier alpha value is -1.47. The number of benzene rings is 1. The van der Waals surface area contributed by atoms with Crippen LogP contribution in [0.5, 0.6) is 5.75 Å². The number of amides is 1. The van der Waals surface area contributed by atoms with Crippen LogP contribution in [-0.2, 0) is 11.2 Å². The molecular weight excluding hydrogens is 333 g/mol. The standard InChI is InChI=1S/C15H16ClF3N2O2/c16-10-1-2-12(22)14-9(10)3-4-20-11(14)7-21-6-8(5-13(21)23)15(17,18)19/h1-2,8,11,20,22H,3-7H2/t8?,11-/m1/s1. The van der Waals surface area contributed by atoms with Crippen molar-refractivity contribution in [2.45, 2.75) is 25.1 Å². The Labute approximate surface area is 136 Å². The topological polar surface area (TPSA) is 52.6 Å². The van der Waals surface area contributed by atoms with E-state index in [9.17, 15) is 23.1 Å². The Morgan fingerprint density at radius 3 is 2.78 bits per heavy atom. The molecule has 2 aliphatic heterocycles. The Morgan fingerprint density at radius 2 is 2.13 bits per heavy atom. The maximum atomic E-state index is 12.8. The lowest BCUT2D eigenvalue weighted by Crippen LogP contribution is -2.40. The maximum Gasteiger partial charge on any atom is 0.394 e. The van der Waals surface area contributed by atoms with Gasteiger partial charge < -0.3 is 15.3 Å². The zero-order chi connectivity index (χ0) is 16.8. The highest BCUT2D eigenvalue weighted by atomic mass is 35.5. The number of nitrogens with one attached hydrogen (secondary N) is 1. The van der Waals surface area contributed by atoms with Gasteiger partial charge in [0.1, 0.15) is 5.75 Å². The normalized spacial score (nSPS) is 24.9. The first-order chi connectivity index (χ1) is 10.8. The third-order valence-corrected chi connectivity index (χ3v) is 4.83. The van der Waals surface area contributed by atoms with E-state index in [1.54, 1.807) is 6.07 Å². The van der Waals surface area contributed by atoms with Crippen LogP contribution >= 0.6 is 11.6 Å². The van der Waals surface area contributed by atoms with E-state index >= 15 is 0 Å². The molecule has 8 heteroatoms. The fraction of sp³-hybridized carbons (Fsp3) is 0.533. The van der Waals surface area contributed by atoms with Crippen LogP contribution in [0, 0.1) is 5.92 Å². The summed E-state index contributed by atoms with van der Waals surface area (Å²) >= 11 is 6.14. The van der Waals surface area contributed by atoms with Crippen molar-refractivity contribution in [3.8, 4) is 5.75 Å². The molecule has 126 valence electrons. The number of hydrogen-bond donors (Lipinski definition) is 2. The molecule has 1 aromatic carbocycles. The van der Waals surface area contributed by atoms with Crippen LogP contribution in [0.15, 0.2) is 12.1 Å². The van der Waals surface area contributed by atoms with Gasteiger partial charge in [-0.2, -0.15) is 13.2 Å². The van der Waals surface area contributed by atoms with Crippen molar-refractivity contribution in [3.05, 3.63) is 28.3 Å². The summed E-state index contributed by atoms with van der Waals surface area (Å²) in [6.07, 6.45) is -4.25. The summed E-state index contributed by atoms with van der Waals surface area (Å²) in [7, 11) is 0. The number of hydrogen-bond acceptors (Lipinski definition) is 3. The molecule has 0 aromatic heterocycles. The van der Waals surface area contributed by atoms with Gasteiger partial charge in [-0.3, -0.25) is 4.79 Å². The summed E-state index contributed by atoms with van der Waals surface area (Å²) in [4.78, 5) is 13.1. The molecule has 23 heavy (non-hydrogen) atoms. The number of halogens is 4. The van der Waals surface area contributed by atoms with Crippen molar-refractivity contribution in [2.75, 3.05) is 19.6 Å². The van der Waals surface area contributed by atoms with E-state index < -0.39 is 30.5 Å². The smallest absolute Gasteiger partial charge is 0.394 e. The van der Waals surface area contributed by atoms with Gasteiger partial charge in [-0.25, -0.2) is 0 Å². The third kappa shape index (κ3) is 3.12. The van der Waals surface area contributed by atoms with E-state index in [-0.39, 0.29) is 18.8 Å². The predicted molar refractivity (Wildman–Crippen MR) is 78.3 cm³/mol. The van der Waals surface area contributed by atoms with Crippen molar-refractivity contribution in [1.29, 1.82) is 0 Å². The van der Waals surface area contributed by atoms with Gasteiger partial charge >= 0.3 is 6.18 Å². The summed E-state index contributed by atoms with van der Waals surface area (Å²) < 4.78 is 38.4. The molecule has 2 aliphatic rings. The van der Waals surface area contributed by atoms with Crippen LogP contribution in [0.2, 0.25) is 5.02 Å². The van der Waals surface area contributed by atoms with Crippen molar-refractivity contribution in [3.63, 3.8) is 0 Å². The van der Waals surface area contributed by atoms with E-state index in [2.05, 4.69) is 5.32 Å². The largest absolute Gasteiger partial charge is 0.508 e. The van der Waals surface area contributed by atoms with Crippen molar-refractivity contribution in [2.24, 2.45) is 5.92 Å². The van der Waals surface area contributed by atoms with Crippen LogP contribution in [0.25, 0.3) is 0 Å². The number of carbonyl (C=O) groups excluding carboxylic acids is 1. The van der Waals surface area contributed by atoms with Crippen molar-refractivity contribution >= 4 is 17.5 Å². The third-order valence-electron chi connectivity index (χ3n) is 4.47. The molecule has 1 aromatic rings. The molecule has 1 unspecified atom stereocenters. The van der Waals surface area contributed by atoms with Gasteiger partial charge in [0.05, 0.1) is 12.0 Å². The minimum absolute atomic E-state index is 0.0422. The SMILES string of the molecule is O=C1CC(C(F)(F)F)CN1C[C@H]1NCCc2c(Cl)ccc(O)c21. The molecule has 0 spiro atoms. The zero-order valence-electron chi connectivity index (χ0n) is 12.2. The molecule has 3 rings (SSSR count). The number of rotatable bonds is 2. The maximum absolute atomic E-state index is 12.8. The van der Waals surface area contributed by atoms with E-state index in [4.69, 9.17) is 11.6 Å². The number of phenolic OH excluding ortho intramolecular Hbond substituents is 1. The molecule has 0 bridgehead atoms. The highest BCUT2D eigenvalue weighted by Crippen LogP contribution is 2.38. The molecule has 1 amide bonds. The quantitative estimate of drug-likeness (QED) is 0.864. The van der Waals surface area contributed by atoms with Gasteiger partial charge in [0.2, 0.25) is 5.91 Å². The first-order valence-corrected chi connectivity index (χ1v) is 7.73. The fourth-order valence-corrected chi connectivity index (χ4v) is 3.55. The fourth-order valence-electron chi connectivity index (χ4n) is 3.29. The minimum atomic E-state index is -4.37. The highest BCUT2D eigenvalue weighted by molar-refractivity contribution is 6.31. The number of aromatic hydroxyl groups is 1. The number of carbonyl (C=O) groups is 1. The number of likely N-dealkylation sites (tertiary alicyclic amines) is 1. The molecule has 1 fully saturated rings. The predicted octanol–water partition coefficient (Wildman–Crippen LogP) is 2.64. The Morgan fingerprint density at radius 1 is 1.39 bits per heavy atom. The van der Waals surface area contributed by atoms with Crippen LogP contribution in [0.1, 0.15) is 23.6 Å². The first-order valence-electron chi connectivity index (χ1n) is 7.35. The number of phenols is 1. The lowest BCUT2D eigenvalue weighted by Gasteiger charge is -2.31. The van der Waals surface area contributed by atoms with Crippen LogP contribution in [-0.4, -0.2) is 41.7 Å². The number of alkyl halides is 3. The molecule has 1 saturated heterocycles. The van der Waals surface area contributed by atoms with E-state index in [1.165, 1.54) is 11.0 Å². The second-order valence-corrected chi connectivity index (χ2v) is 6.36. The average molecular weight is 349 g/mol. The Bertz CT molecular complexity index is 636. The molecule has 4 nitrogen and oxygen atoms in total.